The Hall–Kier alpha value is -1.64. The van der Waals surface area contributed by atoms with E-state index in [1.165, 1.54) is 12.1 Å². The highest BCUT2D eigenvalue weighted by Crippen LogP contribution is 2.25. The fourth-order valence-electron chi connectivity index (χ4n) is 2.02. The highest BCUT2D eigenvalue weighted by Gasteiger charge is 2.21. The smallest absolute Gasteiger partial charge is 0.251 e. The third-order valence-corrected chi connectivity index (χ3v) is 4.65. The van der Waals surface area contributed by atoms with Crippen LogP contribution in [-0.4, -0.2) is 47.2 Å². The molecule has 0 heterocycles. The van der Waals surface area contributed by atoms with Gasteiger partial charge < -0.3 is 14.8 Å². The third-order valence-electron chi connectivity index (χ3n) is 3.08. The normalized spacial score (nSPS) is 11.3. The molecule has 8 heteroatoms. The number of amides is 1. The lowest BCUT2D eigenvalue weighted by Gasteiger charge is -2.13. The fraction of sp³-hybridized carbons (Fsp3) is 0.562. The first-order valence-electron chi connectivity index (χ1n) is 8.08. The minimum atomic E-state index is -3.73. The van der Waals surface area contributed by atoms with Gasteiger partial charge in [0.2, 0.25) is 10.0 Å². The van der Waals surface area contributed by atoms with Crippen LogP contribution in [0.5, 0.6) is 5.75 Å². The van der Waals surface area contributed by atoms with Crippen LogP contribution in [0.3, 0.4) is 0 Å². The molecule has 0 radical (unpaired) electrons. The zero-order valence-corrected chi connectivity index (χ0v) is 15.2. The molecular formula is C16H26N2O5S. The van der Waals surface area contributed by atoms with Gasteiger partial charge >= 0.3 is 0 Å². The molecule has 2 N–H and O–H groups in total. The summed E-state index contributed by atoms with van der Waals surface area (Å²) in [5.74, 6) is -0.103. The van der Waals surface area contributed by atoms with Gasteiger partial charge in [-0.15, -0.1) is 0 Å². The van der Waals surface area contributed by atoms with Crippen LogP contribution < -0.4 is 14.8 Å². The molecule has 0 aliphatic rings. The zero-order valence-electron chi connectivity index (χ0n) is 14.4. The second-order valence-electron chi connectivity index (χ2n) is 4.90. The summed E-state index contributed by atoms with van der Waals surface area (Å²) in [5.41, 5.74) is 0.270. The van der Waals surface area contributed by atoms with Crippen molar-refractivity contribution in [3.8, 4) is 5.75 Å². The number of ether oxygens (including phenoxy) is 2. The molecule has 0 atom stereocenters. The topological polar surface area (TPSA) is 93.7 Å². The number of carbonyl (C=O) groups excluding carboxylic acids is 1. The van der Waals surface area contributed by atoms with Crippen LogP contribution in [0, 0.1) is 0 Å². The van der Waals surface area contributed by atoms with Crippen LogP contribution in [0.2, 0.25) is 0 Å². The molecule has 0 aliphatic heterocycles. The van der Waals surface area contributed by atoms with Gasteiger partial charge in [0, 0.05) is 31.9 Å². The Balaban J connectivity index is 2.91. The van der Waals surface area contributed by atoms with Gasteiger partial charge in [0.1, 0.15) is 10.6 Å². The van der Waals surface area contributed by atoms with Crippen molar-refractivity contribution >= 4 is 15.9 Å². The number of sulfonamides is 1. The summed E-state index contributed by atoms with van der Waals surface area (Å²) in [7, 11) is -3.73. The summed E-state index contributed by atoms with van der Waals surface area (Å²) in [6, 6.07) is 4.39. The summed E-state index contributed by atoms with van der Waals surface area (Å²) < 4.78 is 37.6. The van der Waals surface area contributed by atoms with E-state index in [2.05, 4.69) is 10.0 Å². The lowest BCUT2D eigenvalue weighted by atomic mass is 10.2. The summed E-state index contributed by atoms with van der Waals surface area (Å²) in [4.78, 5) is 12.1. The Kier molecular flexibility index (Phi) is 8.73. The minimum absolute atomic E-state index is 0.0341. The molecule has 0 saturated carbocycles. The number of nitrogens with one attached hydrogen (secondary N) is 2. The third kappa shape index (κ3) is 6.10. The second kappa shape index (κ2) is 10.3. The van der Waals surface area contributed by atoms with Crippen LogP contribution >= 0.6 is 0 Å². The Morgan fingerprint density at radius 2 is 1.92 bits per heavy atom. The Morgan fingerprint density at radius 1 is 1.17 bits per heavy atom. The molecule has 0 fully saturated rings. The summed E-state index contributed by atoms with van der Waals surface area (Å²) >= 11 is 0. The van der Waals surface area contributed by atoms with Crippen molar-refractivity contribution in [3.05, 3.63) is 23.8 Å². The van der Waals surface area contributed by atoms with E-state index in [0.29, 0.717) is 32.8 Å². The summed E-state index contributed by atoms with van der Waals surface area (Å²) in [6.45, 7) is 7.61. The molecule has 1 rings (SSSR count). The lowest BCUT2D eigenvalue weighted by Crippen LogP contribution is -2.27. The number of hydrogen-bond donors (Lipinski definition) is 2. The van der Waals surface area contributed by atoms with Gasteiger partial charge in [-0.3, -0.25) is 4.79 Å². The van der Waals surface area contributed by atoms with E-state index in [1.54, 1.807) is 19.9 Å². The maximum Gasteiger partial charge on any atom is 0.251 e. The molecule has 0 aromatic heterocycles. The number of rotatable bonds is 11. The molecule has 0 unspecified atom stereocenters. The van der Waals surface area contributed by atoms with Gasteiger partial charge in [0.15, 0.2) is 0 Å². The van der Waals surface area contributed by atoms with E-state index in [4.69, 9.17) is 9.47 Å². The molecule has 0 spiro atoms. The highest BCUT2D eigenvalue weighted by atomic mass is 32.2. The van der Waals surface area contributed by atoms with E-state index in [0.717, 1.165) is 0 Å². The van der Waals surface area contributed by atoms with E-state index in [9.17, 15) is 13.2 Å². The predicted octanol–water partition coefficient (Wildman–Crippen LogP) is 1.54. The Morgan fingerprint density at radius 3 is 2.54 bits per heavy atom. The lowest BCUT2D eigenvalue weighted by molar-refractivity contribution is 0.0944. The first-order valence-corrected chi connectivity index (χ1v) is 9.57. The summed E-state index contributed by atoms with van der Waals surface area (Å²) in [6.07, 6.45) is 0.694. The quantitative estimate of drug-likeness (QED) is 0.585. The minimum Gasteiger partial charge on any atom is -0.492 e. The Bertz CT molecular complexity index is 631. The van der Waals surface area contributed by atoms with E-state index in [-0.39, 0.29) is 28.7 Å². The van der Waals surface area contributed by atoms with Crippen LogP contribution in [0.15, 0.2) is 23.1 Å². The Labute approximate surface area is 143 Å². The van der Waals surface area contributed by atoms with Gasteiger partial charge in [-0.1, -0.05) is 6.92 Å². The van der Waals surface area contributed by atoms with Gasteiger partial charge in [0.25, 0.3) is 5.91 Å². The molecule has 0 bridgehead atoms. The molecule has 1 amide bonds. The van der Waals surface area contributed by atoms with Crippen molar-refractivity contribution in [1.82, 2.24) is 10.0 Å². The van der Waals surface area contributed by atoms with E-state index in [1.807, 2.05) is 6.92 Å². The van der Waals surface area contributed by atoms with Crippen molar-refractivity contribution in [2.45, 2.75) is 32.1 Å². The molecular weight excluding hydrogens is 332 g/mol. The zero-order chi connectivity index (χ0) is 18.0. The number of benzene rings is 1. The van der Waals surface area contributed by atoms with Gasteiger partial charge in [-0.05, 0) is 38.5 Å². The number of hydrogen-bond acceptors (Lipinski definition) is 5. The van der Waals surface area contributed by atoms with E-state index >= 15 is 0 Å². The maximum absolute atomic E-state index is 12.3. The van der Waals surface area contributed by atoms with Crippen LogP contribution in [0.1, 0.15) is 37.6 Å². The van der Waals surface area contributed by atoms with Gasteiger partial charge in [0.05, 0.1) is 6.61 Å². The molecule has 0 aliphatic carbocycles. The largest absolute Gasteiger partial charge is 0.492 e. The predicted molar refractivity (Wildman–Crippen MR) is 91.9 cm³/mol. The molecule has 0 saturated heterocycles. The van der Waals surface area contributed by atoms with Gasteiger partial charge in [-0.25, -0.2) is 13.1 Å². The average molecular weight is 358 g/mol. The van der Waals surface area contributed by atoms with Crippen molar-refractivity contribution < 1.29 is 22.7 Å². The summed E-state index contributed by atoms with van der Waals surface area (Å²) in [5, 5.41) is 2.74. The van der Waals surface area contributed by atoms with Gasteiger partial charge in [-0.2, -0.15) is 0 Å². The maximum atomic E-state index is 12.3. The molecule has 1 aromatic carbocycles. The van der Waals surface area contributed by atoms with E-state index < -0.39 is 10.0 Å². The van der Waals surface area contributed by atoms with Crippen LogP contribution in [0.25, 0.3) is 0 Å². The van der Waals surface area contributed by atoms with Crippen molar-refractivity contribution in [3.63, 3.8) is 0 Å². The fourth-order valence-corrected chi connectivity index (χ4v) is 3.23. The molecule has 136 valence electrons. The standard InChI is InChI=1S/C16H26N2O5S/c1-4-18-24(20,21)15-12-13(8-9-14(15)23-6-3)16(19)17-10-7-11-22-5-2/h8-9,12,18H,4-7,10-11H2,1-3H3,(H,17,19). The molecule has 1 aromatic rings. The van der Waals surface area contributed by atoms with Crippen molar-refractivity contribution in [2.75, 3.05) is 32.9 Å². The van der Waals surface area contributed by atoms with Crippen molar-refractivity contribution in [2.24, 2.45) is 0 Å². The SMILES string of the molecule is CCNS(=O)(=O)c1cc(C(=O)NCCCOCC)ccc1OCC. The highest BCUT2D eigenvalue weighted by molar-refractivity contribution is 7.89. The molecule has 7 nitrogen and oxygen atoms in total. The van der Waals surface area contributed by atoms with Crippen LogP contribution in [0.4, 0.5) is 0 Å². The molecule has 24 heavy (non-hydrogen) atoms. The second-order valence-corrected chi connectivity index (χ2v) is 6.64. The van der Waals surface area contributed by atoms with Crippen LogP contribution in [-0.2, 0) is 14.8 Å². The first kappa shape index (κ1) is 20.4. The first-order chi connectivity index (χ1) is 11.5. The average Bonchev–Trinajstić information content (AvgIpc) is 2.55. The van der Waals surface area contributed by atoms with Crippen molar-refractivity contribution in [1.29, 1.82) is 0 Å². The number of carbonyl (C=O) groups is 1. The monoisotopic (exact) mass is 358 g/mol.